The van der Waals surface area contributed by atoms with Crippen LogP contribution >= 0.6 is 24.0 Å². The maximum absolute atomic E-state index is 14.3. The lowest BCUT2D eigenvalue weighted by Crippen LogP contribution is -2.52. The van der Waals surface area contributed by atoms with Crippen LogP contribution in [0.5, 0.6) is 0 Å². The lowest BCUT2D eigenvalue weighted by Gasteiger charge is -2.36. The predicted molar refractivity (Wildman–Crippen MR) is 134 cm³/mol. The van der Waals surface area contributed by atoms with Gasteiger partial charge in [-0.2, -0.15) is 0 Å². The summed E-state index contributed by atoms with van der Waals surface area (Å²) in [6.07, 6.45) is 3.81. The van der Waals surface area contributed by atoms with E-state index in [1.807, 2.05) is 26.8 Å². The molecule has 1 aliphatic heterocycles. The molecule has 0 bridgehead atoms. The summed E-state index contributed by atoms with van der Waals surface area (Å²) in [5, 5.41) is 6.76. The molecule has 0 amide bonds. The Morgan fingerprint density at radius 2 is 2.07 bits per heavy atom. The third-order valence-corrected chi connectivity index (χ3v) is 6.26. The van der Waals surface area contributed by atoms with Gasteiger partial charge in [0.05, 0.1) is 11.4 Å². The van der Waals surface area contributed by atoms with E-state index in [0.29, 0.717) is 31.2 Å². The fourth-order valence-corrected chi connectivity index (χ4v) is 4.36. The van der Waals surface area contributed by atoms with Crippen LogP contribution in [0.1, 0.15) is 38.7 Å². The van der Waals surface area contributed by atoms with Crippen LogP contribution in [0, 0.1) is 18.2 Å². The van der Waals surface area contributed by atoms with Gasteiger partial charge in [0.25, 0.3) is 0 Å². The molecule has 0 aromatic heterocycles. The number of nitrogens with one attached hydrogen (secondary N) is 2. The van der Waals surface area contributed by atoms with Crippen molar-refractivity contribution >= 4 is 45.5 Å². The molecule has 0 radical (unpaired) electrons. The Morgan fingerprint density at radius 3 is 2.70 bits per heavy atom. The number of rotatable bonds is 7. The van der Waals surface area contributed by atoms with Gasteiger partial charge in [0.2, 0.25) is 0 Å². The van der Waals surface area contributed by atoms with Crippen molar-refractivity contribution in [2.24, 2.45) is 10.4 Å². The Bertz CT molecular complexity index is 830. The molecule has 0 aliphatic carbocycles. The summed E-state index contributed by atoms with van der Waals surface area (Å²) < 4.78 is 37.2. The van der Waals surface area contributed by atoms with Crippen molar-refractivity contribution in [3.63, 3.8) is 0 Å². The number of hydrogen-bond donors (Lipinski definition) is 2. The lowest BCUT2D eigenvalue weighted by atomic mass is 9.90. The minimum absolute atomic E-state index is 0. The standard InChI is InChI=1S/C21H35FN4O2S.HI/c1-16-8-9-18(22)19(13-16)26-11-6-7-17(14-26)25-20(23-4)24-15-21(2,3)10-12-29(5,27)28;/h8-9,13,17H,6-7,10-12,14-15H2,1-5H3,(H2,23,24,25);1H. The first-order chi connectivity index (χ1) is 13.5. The van der Waals surface area contributed by atoms with Crippen LogP contribution in [0.2, 0.25) is 0 Å². The van der Waals surface area contributed by atoms with Crippen molar-refractivity contribution in [1.82, 2.24) is 10.6 Å². The average Bonchev–Trinajstić information content (AvgIpc) is 2.65. The summed E-state index contributed by atoms with van der Waals surface area (Å²) in [6, 6.07) is 5.38. The molecule has 6 nitrogen and oxygen atoms in total. The number of benzene rings is 1. The zero-order valence-corrected chi connectivity index (χ0v) is 21.8. The molecule has 1 unspecified atom stereocenters. The number of guanidine groups is 1. The van der Waals surface area contributed by atoms with E-state index < -0.39 is 9.84 Å². The Kier molecular flexibility index (Phi) is 10.3. The van der Waals surface area contributed by atoms with E-state index in [0.717, 1.165) is 24.9 Å². The van der Waals surface area contributed by atoms with Gasteiger partial charge in [-0.1, -0.05) is 19.9 Å². The first kappa shape index (κ1) is 26.9. The van der Waals surface area contributed by atoms with Crippen LogP contribution in [0.3, 0.4) is 0 Å². The van der Waals surface area contributed by atoms with Gasteiger partial charge in [0, 0.05) is 39.0 Å². The molecule has 1 aromatic carbocycles. The van der Waals surface area contributed by atoms with Gasteiger partial charge >= 0.3 is 0 Å². The summed E-state index contributed by atoms with van der Waals surface area (Å²) in [4.78, 5) is 6.40. The summed E-state index contributed by atoms with van der Waals surface area (Å²) in [5.41, 5.74) is 1.52. The maximum Gasteiger partial charge on any atom is 0.191 e. The number of hydrogen-bond acceptors (Lipinski definition) is 4. The molecule has 1 saturated heterocycles. The van der Waals surface area contributed by atoms with Crippen molar-refractivity contribution in [1.29, 1.82) is 0 Å². The smallest absolute Gasteiger partial charge is 0.191 e. The molecule has 1 heterocycles. The minimum atomic E-state index is -2.97. The monoisotopic (exact) mass is 554 g/mol. The predicted octanol–water partition coefficient (Wildman–Crippen LogP) is 3.35. The van der Waals surface area contributed by atoms with E-state index in [1.54, 1.807) is 13.1 Å². The highest BCUT2D eigenvalue weighted by Gasteiger charge is 2.24. The van der Waals surface area contributed by atoms with E-state index in [-0.39, 0.29) is 47.0 Å². The highest BCUT2D eigenvalue weighted by molar-refractivity contribution is 14.0. The molecular formula is C21H36FIN4O2S. The molecule has 9 heteroatoms. The number of nitrogens with zero attached hydrogens (tertiary/aromatic N) is 2. The van der Waals surface area contributed by atoms with Crippen molar-refractivity contribution in [2.45, 2.75) is 46.1 Å². The van der Waals surface area contributed by atoms with Gasteiger partial charge in [0.15, 0.2) is 5.96 Å². The number of anilines is 1. The van der Waals surface area contributed by atoms with Crippen molar-refractivity contribution < 1.29 is 12.8 Å². The van der Waals surface area contributed by atoms with Gasteiger partial charge in [0.1, 0.15) is 15.7 Å². The molecule has 172 valence electrons. The van der Waals surface area contributed by atoms with E-state index in [1.165, 1.54) is 12.3 Å². The molecule has 0 saturated carbocycles. The van der Waals surface area contributed by atoms with E-state index >= 15 is 0 Å². The Balaban J connectivity index is 0.00000450. The quantitative estimate of drug-likeness (QED) is 0.308. The Hall–Kier alpha value is -1.10. The maximum atomic E-state index is 14.3. The number of halogens is 2. The van der Waals surface area contributed by atoms with Gasteiger partial charge in [-0.15, -0.1) is 24.0 Å². The molecule has 30 heavy (non-hydrogen) atoms. The second-order valence-corrected chi connectivity index (χ2v) is 11.1. The van der Waals surface area contributed by atoms with Gasteiger partial charge in [-0.05, 0) is 49.3 Å². The zero-order chi connectivity index (χ0) is 21.7. The summed E-state index contributed by atoms with van der Waals surface area (Å²) >= 11 is 0. The third-order valence-electron chi connectivity index (χ3n) is 5.31. The third kappa shape index (κ3) is 8.95. The van der Waals surface area contributed by atoms with Gasteiger partial charge < -0.3 is 15.5 Å². The van der Waals surface area contributed by atoms with Crippen molar-refractivity contribution in [3.8, 4) is 0 Å². The molecule has 2 N–H and O–H groups in total. The molecule has 1 aliphatic rings. The van der Waals surface area contributed by atoms with Crippen LogP contribution in [0.25, 0.3) is 0 Å². The fraction of sp³-hybridized carbons (Fsp3) is 0.667. The van der Waals surface area contributed by atoms with E-state index in [4.69, 9.17) is 0 Å². The van der Waals surface area contributed by atoms with E-state index in [9.17, 15) is 12.8 Å². The topological polar surface area (TPSA) is 73.8 Å². The fourth-order valence-electron chi connectivity index (χ4n) is 3.44. The van der Waals surface area contributed by atoms with E-state index in [2.05, 4.69) is 20.5 Å². The zero-order valence-electron chi connectivity index (χ0n) is 18.7. The average molecular weight is 555 g/mol. The van der Waals surface area contributed by atoms with Crippen LogP contribution in [0.15, 0.2) is 23.2 Å². The summed E-state index contributed by atoms with van der Waals surface area (Å²) in [5.74, 6) is 0.674. The minimum Gasteiger partial charge on any atom is -0.367 e. The number of piperidine rings is 1. The summed E-state index contributed by atoms with van der Waals surface area (Å²) in [7, 11) is -1.25. The molecule has 1 aromatic rings. The molecule has 0 spiro atoms. The Morgan fingerprint density at radius 1 is 1.37 bits per heavy atom. The largest absolute Gasteiger partial charge is 0.367 e. The van der Waals surface area contributed by atoms with Gasteiger partial charge in [-0.3, -0.25) is 4.99 Å². The van der Waals surface area contributed by atoms with Crippen LogP contribution < -0.4 is 15.5 Å². The van der Waals surface area contributed by atoms with Crippen LogP contribution in [-0.2, 0) is 9.84 Å². The highest BCUT2D eigenvalue weighted by atomic mass is 127. The Labute approximate surface area is 198 Å². The van der Waals surface area contributed by atoms with Crippen molar-refractivity contribution in [3.05, 3.63) is 29.6 Å². The van der Waals surface area contributed by atoms with Crippen molar-refractivity contribution in [2.75, 3.05) is 43.6 Å². The molecule has 1 fully saturated rings. The number of sulfone groups is 1. The second kappa shape index (κ2) is 11.5. The lowest BCUT2D eigenvalue weighted by molar-refractivity contribution is 0.347. The van der Waals surface area contributed by atoms with Crippen LogP contribution in [-0.4, -0.2) is 59.1 Å². The number of aliphatic imine (C=N–C) groups is 1. The highest BCUT2D eigenvalue weighted by Crippen LogP contribution is 2.24. The molecular weight excluding hydrogens is 518 g/mol. The van der Waals surface area contributed by atoms with Gasteiger partial charge in [-0.25, -0.2) is 12.8 Å². The normalized spacial score (nSPS) is 18.0. The number of aryl methyl sites for hydroxylation is 1. The first-order valence-corrected chi connectivity index (χ1v) is 12.2. The molecule has 1 atom stereocenters. The second-order valence-electron chi connectivity index (χ2n) is 8.85. The van der Waals surface area contributed by atoms with Crippen LogP contribution in [0.4, 0.5) is 10.1 Å². The summed E-state index contributed by atoms with van der Waals surface area (Å²) in [6.45, 7) is 8.22. The molecule has 2 rings (SSSR count). The SMILES string of the molecule is CN=C(NCC(C)(C)CCS(C)(=O)=O)NC1CCCN(c2cc(C)ccc2F)C1.I. The first-order valence-electron chi connectivity index (χ1n) is 10.1.